The molecule has 0 aromatic rings. The van der Waals surface area contributed by atoms with Gasteiger partial charge in [0.2, 0.25) is 0 Å². The smallest absolute Gasteiger partial charge is 0.138 e. The second kappa shape index (κ2) is 5.35. The van der Waals surface area contributed by atoms with Crippen LogP contribution in [0.3, 0.4) is 0 Å². The molecule has 0 aromatic heterocycles. The summed E-state index contributed by atoms with van der Waals surface area (Å²) in [5, 5.41) is 19.8. The van der Waals surface area contributed by atoms with Crippen molar-refractivity contribution in [1.29, 1.82) is 0 Å². The molecule has 0 bridgehead atoms. The number of hydrogen-bond acceptors (Lipinski definition) is 4. The van der Waals surface area contributed by atoms with E-state index in [1.807, 2.05) is 6.92 Å². The van der Waals surface area contributed by atoms with Gasteiger partial charge in [-0.1, -0.05) is 6.08 Å². The molecule has 1 rings (SSSR count). The molecule has 4 heteroatoms. The van der Waals surface area contributed by atoms with Gasteiger partial charge in [0.15, 0.2) is 0 Å². The summed E-state index contributed by atoms with van der Waals surface area (Å²) >= 11 is 0. The zero-order chi connectivity index (χ0) is 14.9. The Labute approximate surface area is 115 Å². The number of ether oxygens (including phenoxy) is 1. The molecule has 0 aromatic carbocycles. The largest absolute Gasteiger partial charge is 0.388 e. The van der Waals surface area contributed by atoms with Crippen molar-refractivity contribution in [1.82, 2.24) is 0 Å². The molecule has 1 aliphatic rings. The minimum Gasteiger partial charge on any atom is -0.388 e. The first-order chi connectivity index (χ1) is 8.47. The van der Waals surface area contributed by atoms with Gasteiger partial charge in [0.1, 0.15) is 5.78 Å². The van der Waals surface area contributed by atoms with Gasteiger partial charge in [0, 0.05) is 12.8 Å². The molecule has 1 fully saturated rings. The van der Waals surface area contributed by atoms with Crippen molar-refractivity contribution in [3.8, 4) is 0 Å². The van der Waals surface area contributed by atoms with Crippen molar-refractivity contribution in [3.63, 3.8) is 0 Å². The lowest BCUT2D eigenvalue weighted by Gasteiger charge is -2.30. The Kier molecular flexibility index (Phi) is 4.60. The predicted octanol–water partition coefficient (Wildman–Crippen LogP) is 1.98. The molecule has 1 unspecified atom stereocenters. The monoisotopic (exact) mass is 270 g/mol. The Morgan fingerprint density at radius 2 is 2.05 bits per heavy atom. The first-order valence-corrected chi connectivity index (χ1v) is 6.75. The first-order valence-electron chi connectivity index (χ1n) is 6.75. The highest BCUT2D eigenvalue weighted by atomic mass is 16.5. The molecule has 0 saturated carbocycles. The zero-order valence-corrected chi connectivity index (χ0v) is 12.4. The number of Topliss-reactive ketones (excluding diaryl/α,β-unsaturated/α-hetero) is 1. The van der Waals surface area contributed by atoms with Crippen molar-refractivity contribution < 1.29 is 19.7 Å². The highest BCUT2D eigenvalue weighted by Crippen LogP contribution is 2.37. The maximum Gasteiger partial charge on any atom is 0.138 e. The van der Waals surface area contributed by atoms with Gasteiger partial charge in [-0.3, -0.25) is 4.79 Å². The third kappa shape index (κ3) is 4.71. The molecule has 1 heterocycles. The van der Waals surface area contributed by atoms with E-state index in [0.717, 1.165) is 12.8 Å². The van der Waals surface area contributed by atoms with Crippen LogP contribution in [0.2, 0.25) is 0 Å². The third-order valence-corrected chi connectivity index (χ3v) is 3.72. The van der Waals surface area contributed by atoms with Crippen LogP contribution >= 0.6 is 0 Å². The van der Waals surface area contributed by atoms with Crippen LogP contribution in [0, 0.1) is 0 Å². The van der Waals surface area contributed by atoms with E-state index in [9.17, 15) is 15.0 Å². The molecule has 0 radical (unpaired) electrons. The molecular formula is C15H26O4. The van der Waals surface area contributed by atoms with Gasteiger partial charge < -0.3 is 14.9 Å². The van der Waals surface area contributed by atoms with E-state index >= 15 is 0 Å². The first kappa shape index (κ1) is 16.3. The maximum atomic E-state index is 12.0. The number of ketones is 1. The lowest BCUT2D eigenvalue weighted by atomic mass is 9.90. The highest BCUT2D eigenvalue weighted by Gasteiger charge is 2.43. The second-order valence-corrected chi connectivity index (χ2v) is 6.70. The van der Waals surface area contributed by atoms with Gasteiger partial charge in [0.25, 0.3) is 0 Å². The topological polar surface area (TPSA) is 66.8 Å². The van der Waals surface area contributed by atoms with E-state index in [-0.39, 0.29) is 24.7 Å². The predicted molar refractivity (Wildman–Crippen MR) is 73.9 cm³/mol. The summed E-state index contributed by atoms with van der Waals surface area (Å²) in [5.74, 6) is -0.0520. The Bertz CT molecular complexity index is 354. The second-order valence-electron chi connectivity index (χ2n) is 6.70. The van der Waals surface area contributed by atoms with Crippen LogP contribution in [0.25, 0.3) is 0 Å². The molecule has 0 amide bonds. The average Bonchev–Trinajstić information content (AvgIpc) is 2.59. The lowest BCUT2D eigenvalue weighted by Crippen LogP contribution is -2.39. The average molecular weight is 270 g/mol. The summed E-state index contributed by atoms with van der Waals surface area (Å²) in [6.45, 7) is 10.4. The van der Waals surface area contributed by atoms with E-state index in [0.29, 0.717) is 0 Å². The Morgan fingerprint density at radius 3 is 2.47 bits per heavy atom. The summed E-state index contributed by atoms with van der Waals surface area (Å²) in [4.78, 5) is 12.0. The van der Waals surface area contributed by atoms with Gasteiger partial charge in [-0.15, -0.1) is 6.58 Å². The fraction of sp³-hybridized carbons (Fsp3) is 0.800. The van der Waals surface area contributed by atoms with Crippen molar-refractivity contribution in [3.05, 3.63) is 12.7 Å². The van der Waals surface area contributed by atoms with E-state index < -0.39 is 16.8 Å². The van der Waals surface area contributed by atoms with Gasteiger partial charge >= 0.3 is 0 Å². The molecule has 0 spiro atoms. The molecule has 2 N–H and O–H groups in total. The minimum atomic E-state index is -1.16. The number of hydrogen-bond donors (Lipinski definition) is 2. The Balaban J connectivity index is 2.58. The van der Waals surface area contributed by atoms with Crippen LogP contribution in [-0.4, -0.2) is 38.9 Å². The standard InChI is InChI=1S/C15H26O4/c1-6-14(4,18)9-11(16)10-15(5)8-7-12(19-15)13(2,3)17/h6,12,17-18H,1,7-10H2,2-5H3/t12-,14?,15-/m0/s1. The van der Waals surface area contributed by atoms with Crippen LogP contribution in [0.1, 0.15) is 53.4 Å². The fourth-order valence-corrected chi connectivity index (χ4v) is 2.48. The summed E-state index contributed by atoms with van der Waals surface area (Å²) in [6, 6.07) is 0. The molecular weight excluding hydrogens is 244 g/mol. The molecule has 3 atom stereocenters. The fourth-order valence-electron chi connectivity index (χ4n) is 2.48. The quantitative estimate of drug-likeness (QED) is 0.724. The van der Waals surface area contributed by atoms with E-state index in [2.05, 4.69) is 6.58 Å². The molecule has 1 saturated heterocycles. The summed E-state index contributed by atoms with van der Waals surface area (Å²) in [6.07, 6.45) is 2.91. The van der Waals surface area contributed by atoms with E-state index in [4.69, 9.17) is 4.74 Å². The zero-order valence-electron chi connectivity index (χ0n) is 12.4. The number of aliphatic hydroxyl groups is 2. The van der Waals surface area contributed by atoms with Gasteiger partial charge in [0.05, 0.1) is 22.9 Å². The summed E-state index contributed by atoms with van der Waals surface area (Å²) in [5.41, 5.74) is -2.60. The SMILES string of the molecule is C=CC(C)(O)CC(=O)C[C@]1(C)CC[C@@H](C(C)(C)O)O1. The minimum absolute atomic E-state index is 0.0443. The summed E-state index contributed by atoms with van der Waals surface area (Å²) < 4.78 is 5.85. The van der Waals surface area contributed by atoms with Crippen molar-refractivity contribution in [2.75, 3.05) is 0 Å². The molecule has 110 valence electrons. The lowest BCUT2D eigenvalue weighted by molar-refractivity contribution is -0.138. The van der Waals surface area contributed by atoms with Crippen molar-refractivity contribution in [2.24, 2.45) is 0 Å². The molecule has 4 nitrogen and oxygen atoms in total. The van der Waals surface area contributed by atoms with E-state index in [1.165, 1.54) is 6.08 Å². The maximum absolute atomic E-state index is 12.0. The Hall–Kier alpha value is -0.710. The van der Waals surface area contributed by atoms with Crippen LogP contribution in [0.4, 0.5) is 0 Å². The molecule has 19 heavy (non-hydrogen) atoms. The van der Waals surface area contributed by atoms with E-state index in [1.54, 1.807) is 20.8 Å². The highest BCUT2D eigenvalue weighted by molar-refractivity contribution is 5.80. The van der Waals surface area contributed by atoms with Crippen LogP contribution in [-0.2, 0) is 9.53 Å². The number of carbonyl (C=O) groups excluding carboxylic acids is 1. The van der Waals surface area contributed by atoms with Gasteiger partial charge in [-0.25, -0.2) is 0 Å². The van der Waals surface area contributed by atoms with Crippen LogP contribution in [0.5, 0.6) is 0 Å². The molecule has 1 aliphatic heterocycles. The van der Waals surface area contributed by atoms with Crippen molar-refractivity contribution >= 4 is 5.78 Å². The third-order valence-electron chi connectivity index (χ3n) is 3.72. The van der Waals surface area contributed by atoms with Crippen LogP contribution < -0.4 is 0 Å². The number of carbonyl (C=O) groups is 1. The Morgan fingerprint density at radius 1 is 1.47 bits per heavy atom. The van der Waals surface area contributed by atoms with Gasteiger partial charge in [-0.2, -0.15) is 0 Å². The van der Waals surface area contributed by atoms with Gasteiger partial charge in [-0.05, 0) is 40.5 Å². The normalized spacial score (nSPS) is 30.9. The number of rotatable bonds is 6. The van der Waals surface area contributed by atoms with Crippen LogP contribution in [0.15, 0.2) is 12.7 Å². The summed E-state index contributed by atoms with van der Waals surface area (Å²) in [7, 11) is 0. The molecule has 0 aliphatic carbocycles. The van der Waals surface area contributed by atoms with Crippen molar-refractivity contribution in [2.45, 2.75) is 76.3 Å².